The molecule has 1 atom stereocenters. The molecule has 0 aliphatic carbocycles. The van der Waals surface area contributed by atoms with Crippen molar-refractivity contribution in [1.82, 2.24) is 9.78 Å². The second-order valence-corrected chi connectivity index (χ2v) is 6.35. The van der Waals surface area contributed by atoms with E-state index in [0.29, 0.717) is 11.1 Å². The van der Waals surface area contributed by atoms with E-state index >= 15 is 0 Å². The van der Waals surface area contributed by atoms with E-state index in [4.69, 9.17) is 5.11 Å². The van der Waals surface area contributed by atoms with Crippen LogP contribution in [0.3, 0.4) is 0 Å². The zero-order chi connectivity index (χ0) is 19.8. The standard InChI is InChI=1S/C19H16F4N2O2/c1-11(18(26)27)9-15-17-13(10-12-5-2-3-7-14(12)20)6-4-8-16(17)25(24-15)19(21,22)23/h2-8,11H,9-10H2,1H3,(H,26,27). The molecular formula is C19H16F4N2O2. The summed E-state index contributed by atoms with van der Waals surface area (Å²) in [4.78, 5) is 11.2. The van der Waals surface area contributed by atoms with Crippen molar-refractivity contribution in [2.75, 3.05) is 0 Å². The molecular weight excluding hydrogens is 364 g/mol. The summed E-state index contributed by atoms with van der Waals surface area (Å²) in [6.45, 7) is 1.40. The average Bonchev–Trinajstić information content (AvgIpc) is 2.97. The normalized spacial score (nSPS) is 13.1. The molecule has 0 saturated heterocycles. The molecule has 0 spiro atoms. The molecule has 4 nitrogen and oxygen atoms in total. The molecule has 0 saturated carbocycles. The quantitative estimate of drug-likeness (QED) is 0.663. The van der Waals surface area contributed by atoms with E-state index in [-0.39, 0.29) is 34.1 Å². The highest BCUT2D eigenvalue weighted by molar-refractivity contribution is 5.86. The van der Waals surface area contributed by atoms with Gasteiger partial charge in [0, 0.05) is 18.2 Å². The van der Waals surface area contributed by atoms with Gasteiger partial charge in [0.15, 0.2) is 0 Å². The molecule has 3 aromatic rings. The summed E-state index contributed by atoms with van der Waals surface area (Å²) in [7, 11) is 0. The smallest absolute Gasteiger partial charge is 0.481 e. The van der Waals surface area contributed by atoms with Crippen molar-refractivity contribution in [3.63, 3.8) is 0 Å². The van der Waals surface area contributed by atoms with Crippen LogP contribution in [0.15, 0.2) is 42.5 Å². The molecule has 27 heavy (non-hydrogen) atoms. The second-order valence-electron chi connectivity index (χ2n) is 6.35. The molecule has 1 N–H and O–H groups in total. The Morgan fingerprint density at radius 1 is 1.15 bits per heavy atom. The van der Waals surface area contributed by atoms with Crippen molar-refractivity contribution in [1.29, 1.82) is 0 Å². The lowest BCUT2D eigenvalue weighted by molar-refractivity contribution is -0.209. The van der Waals surface area contributed by atoms with Gasteiger partial charge in [-0.1, -0.05) is 37.3 Å². The van der Waals surface area contributed by atoms with Crippen molar-refractivity contribution in [2.24, 2.45) is 5.92 Å². The van der Waals surface area contributed by atoms with Gasteiger partial charge in [-0.15, -0.1) is 13.2 Å². The number of rotatable bonds is 5. The number of benzene rings is 2. The first-order chi connectivity index (χ1) is 12.7. The summed E-state index contributed by atoms with van der Waals surface area (Å²) in [5, 5.41) is 13.0. The van der Waals surface area contributed by atoms with E-state index in [0.717, 1.165) is 0 Å². The maximum Gasteiger partial charge on any atom is 0.505 e. The molecule has 0 bridgehead atoms. The number of hydrogen-bond donors (Lipinski definition) is 1. The third kappa shape index (κ3) is 3.79. The van der Waals surface area contributed by atoms with Gasteiger partial charge in [-0.25, -0.2) is 4.39 Å². The van der Waals surface area contributed by atoms with Gasteiger partial charge in [0.05, 0.1) is 17.1 Å². The number of nitrogens with zero attached hydrogens (tertiary/aromatic N) is 2. The van der Waals surface area contributed by atoms with Crippen molar-refractivity contribution in [3.8, 4) is 0 Å². The van der Waals surface area contributed by atoms with Crippen LogP contribution in [0.5, 0.6) is 0 Å². The van der Waals surface area contributed by atoms with E-state index in [1.807, 2.05) is 0 Å². The number of aromatic nitrogens is 2. The minimum atomic E-state index is -4.75. The zero-order valence-corrected chi connectivity index (χ0v) is 14.3. The van der Waals surface area contributed by atoms with Gasteiger partial charge in [-0.05, 0) is 23.3 Å². The fraction of sp³-hybridized carbons (Fsp3) is 0.263. The minimum Gasteiger partial charge on any atom is -0.481 e. The van der Waals surface area contributed by atoms with Gasteiger partial charge < -0.3 is 5.11 Å². The number of alkyl halides is 3. The molecule has 3 rings (SSSR count). The lowest BCUT2D eigenvalue weighted by atomic mass is 9.96. The van der Waals surface area contributed by atoms with E-state index in [1.54, 1.807) is 18.2 Å². The van der Waals surface area contributed by atoms with Crippen LogP contribution in [0, 0.1) is 11.7 Å². The highest BCUT2D eigenvalue weighted by Crippen LogP contribution is 2.33. The Balaban J connectivity index is 2.18. The van der Waals surface area contributed by atoms with Crippen LogP contribution in [0.4, 0.5) is 17.6 Å². The first kappa shape index (κ1) is 18.9. The van der Waals surface area contributed by atoms with Gasteiger partial charge in [-0.3, -0.25) is 4.79 Å². The summed E-state index contributed by atoms with van der Waals surface area (Å²) in [6.07, 6.45) is -4.84. The number of carbonyl (C=O) groups is 1. The summed E-state index contributed by atoms with van der Waals surface area (Å²) < 4.78 is 54.1. The fourth-order valence-electron chi connectivity index (χ4n) is 3.03. The second kappa shape index (κ2) is 7.02. The molecule has 0 amide bonds. The predicted molar refractivity (Wildman–Crippen MR) is 90.7 cm³/mol. The number of carboxylic acids is 1. The molecule has 0 aliphatic heterocycles. The Hall–Kier alpha value is -2.90. The lowest BCUT2D eigenvalue weighted by Crippen LogP contribution is -2.19. The molecule has 0 radical (unpaired) electrons. The number of halogens is 4. The topological polar surface area (TPSA) is 55.1 Å². The predicted octanol–water partition coefficient (Wildman–Crippen LogP) is 4.51. The largest absolute Gasteiger partial charge is 0.505 e. The average molecular weight is 380 g/mol. The number of fused-ring (bicyclic) bond motifs is 1. The van der Waals surface area contributed by atoms with E-state index < -0.39 is 24.0 Å². The van der Waals surface area contributed by atoms with Crippen LogP contribution in [0.1, 0.15) is 23.7 Å². The highest BCUT2D eigenvalue weighted by atomic mass is 19.4. The van der Waals surface area contributed by atoms with E-state index in [9.17, 15) is 22.4 Å². The molecule has 0 fully saturated rings. The Bertz CT molecular complexity index is 995. The summed E-state index contributed by atoms with van der Waals surface area (Å²) >= 11 is 0. The molecule has 142 valence electrons. The summed E-state index contributed by atoms with van der Waals surface area (Å²) in [5.74, 6) is -2.50. The van der Waals surface area contributed by atoms with Gasteiger partial charge in [0.1, 0.15) is 5.82 Å². The Kier molecular flexibility index (Phi) is 4.91. The Morgan fingerprint density at radius 2 is 1.81 bits per heavy atom. The first-order valence-electron chi connectivity index (χ1n) is 8.21. The zero-order valence-electron chi connectivity index (χ0n) is 14.3. The number of hydrogen-bond acceptors (Lipinski definition) is 2. The number of aliphatic carboxylic acids is 1. The van der Waals surface area contributed by atoms with Crippen LogP contribution < -0.4 is 0 Å². The molecule has 1 unspecified atom stereocenters. The third-order valence-corrected chi connectivity index (χ3v) is 4.37. The van der Waals surface area contributed by atoms with E-state index in [2.05, 4.69) is 5.10 Å². The minimum absolute atomic E-state index is 0.0316. The summed E-state index contributed by atoms with van der Waals surface area (Å²) in [6, 6.07) is 10.3. The van der Waals surface area contributed by atoms with Crippen LogP contribution in [-0.2, 0) is 23.9 Å². The molecule has 1 aromatic heterocycles. The van der Waals surface area contributed by atoms with Crippen LogP contribution in [0.2, 0.25) is 0 Å². The van der Waals surface area contributed by atoms with Gasteiger partial charge in [0.2, 0.25) is 0 Å². The van der Waals surface area contributed by atoms with Crippen molar-refractivity contribution >= 4 is 16.9 Å². The first-order valence-corrected chi connectivity index (χ1v) is 8.21. The maximum absolute atomic E-state index is 14.0. The lowest BCUT2D eigenvalue weighted by Gasteiger charge is -2.09. The Labute approximate surface area is 152 Å². The van der Waals surface area contributed by atoms with Crippen LogP contribution >= 0.6 is 0 Å². The third-order valence-electron chi connectivity index (χ3n) is 4.37. The monoisotopic (exact) mass is 380 g/mol. The molecule has 8 heteroatoms. The molecule has 1 heterocycles. The highest BCUT2D eigenvalue weighted by Gasteiger charge is 2.35. The van der Waals surface area contributed by atoms with Crippen LogP contribution in [0.25, 0.3) is 10.9 Å². The van der Waals surface area contributed by atoms with Crippen molar-refractivity contribution in [3.05, 3.63) is 65.1 Å². The Morgan fingerprint density at radius 3 is 2.44 bits per heavy atom. The van der Waals surface area contributed by atoms with Crippen molar-refractivity contribution in [2.45, 2.75) is 26.1 Å². The van der Waals surface area contributed by atoms with Crippen molar-refractivity contribution < 1.29 is 27.5 Å². The van der Waals surface area contributed by atoms with Gasteiger partial charge in [-0.2, -0.15) is 9.78 Å². The molecule has 0 aliphatic rings. The summed E-state index contributed by atoms with van der Waals surface area (Å²) in [5.41, 5.74) is 0.649. The fourth-order valence-corrected chi connectivity index (χ4v) is 3.03. The van der Waals surface area contributed by atoms with Crippen LogP contribution in [-0.4, -0.2) is 20.9 Å². The number of carboxylic acid groups (broad SMARTS) is 1. The van der Waals surface area contributed by atoms with Gasteiger partial charge in [0.25, 0.3) is 0 Å². The molecule has 2 aromatic carbocycles. The van der Waals surface area contributed by atoms with E-state index in [1.165, 1.54) is 31.2 Å². The maximum atomic E-state index is 14.0. The van der Waals surface area contributed by atoms with Gasteiger partial charge >= 0.3 is 12.3 Å². The SMILES string of the molecule is CC(Cc1nn(C(F)(F)F)c2cccc(Cc3ccccc3F)c12)C(=O)O.